The second-order valence-electron chi connectivity index (χ2n) is 5.17. The number of methoxy groups -OCH3 is 2. The number of carbonyl (C=O) groups excluding carboxylic acids is 2. The van der Waals surface area contributed by atoms with Crippen LogP contribution in [-0.4, -0.2) is 31.4 Å². The lowest BCUT2D eigenvalue weighted by atomic mass is 9.61. The summed E-state index contributed by atoms with van der Waals surface area (Å²) in [6, 6.07) is 0. The summed E-state index contributed by atoms with van der Waals surface area (Å²) in [4.78, 5) is 24.6. The molecule has 0 unspecified atom stereocenters. The predicted octanol–water partition coefficient (Wildman–Crippen LogP) is 1.55. The van der Waals surface area contributed by atoms with Gasteiger partial charge >= 0.3 is 0 Å². The van der Waals surface area contributed by atoms with Crippen molar-refractivity contribution in [2.75, 3.05) is 14.2 Å². The SMILES string of the molecule is COC1=CC(=O)C2=C(C1=O)C1CCC2(OC)CC1. The van der Waals surface area contributed by atoms with Gasteiger partial charge in [0, 0.05) is 24.3 Å². The summed E-state index contributed by atoms with van der Waals surface area (Å²) in [6.45, 7) is 0. The molecule has 0 atom stereocenters. The zero-order valence-electron chi connectivity index (χ0n) is 10.6. The molecule has 0 aromatic heterocycles. The normalized spacial score (nSPS) is 34.6. The van der Waals surface area contributed by atoms with Gasteiger partial charge in [-0.1, -0.05) is 0 Å². The lowest BCUT2D eigenvalue weighted by molar-refractivity contribution is -0.124. The number of rotatable bonds is 2. The van der Waals surface area contributed by atoms with E-state index in [0.29, 0.717) is 11.1 Å². The topological polar surface area (TPSA) is 52.6 Å². The molecule has 4 aliphatic rings. The van der Waals surface area contributed by atoms with Crippen molar-refractivity contribution in [2.24, 2.45) is 5.92 Å². The van der Waals surface area contributed by atoms with E-state index in [-0.39, 0.29) is 23.2 Å². The zero-order chi connectivity index (χ0) is 12.9. The predicted molar refractivity (Wildman–Crippen MR) is 63.8 cm³/mol. The Morgan fingerprint density at radius 1 is 1.22 bits per heavy atom. The van der Waals surface area contributed by atoms with Gasteiger partial charge in [0.25, 0.3) is 0 Å². The molecule has 0 aliphatic heterocycles. The van der Waals surface area contributed by atoms with Crippen LogP contribution >= 0.6 is 0 Å². The van der Waals surface area contributed by atoms with E-state index in [4.69, 9.17) is 9.47 Å². The van der Waals surface area contributed by atoms with Gasteiger partial charge in [-0.2, -0.15) is 0 Å². The van der Waals surface area contributed by atoms with Crippen molar-refractivity contribution >= 4 is 11.6 Å². The summed E-state index contributed by atoms with van der Waals surface area (Å²) >= 11 is 0. The van der Waals surface area contributed by atoms with Gasteiger partial charge in [-0.3, -0.25) is 9.59 Å². The Morgan fingerprint density at radius 2 is 1.89 bits per heavy atom. The van der Waals surface area contributed by atoms with E-state index >= 15 is 0 Å². The van der Waals surface area contributed by atoms with Gasteiger partial charge < -0.3 is 9.47 Å². The minimum atomic E-state index is -0.535. The monoisotopic (exact) mass is 248 g/mol. The average Bonchev–Trinajstić information content (AvgIpc) is 2.43. The molecule has 0 spiro atoms. The van der Waals surface area contributed by atoms with Crippen molar-refractivity contribution in [2.45, 2.75) is 31.3 Å². The Morgan fingerprint density at radius 3 is 2.44 bits per heavy atom. The summed E-state index contributed by atoms with van der Waals surface area (Å²) in [7, 11) is 3.05. The third-order valence-corrected chi connectivity index (χ3v) is 4.51. The van der Waals surface area contributed by atoms with Crippen molar-refractivity contribution in [1.82, 2.24) is 0 Å². The first-order chi connectivity index (χ1) is 8.63. The van der Waals surface area contributed by atoms with Gasteiger partial charge in [-0.15, -0.1) is 0 Å². The van der Waals surface area contributed by atoms with Gasteiger partial charge in [0.1, 0.15) is 0 Å². The molecule has 0 radical (unpaired) electrons. The summed E-state index contributed by atoms with van der Waals surface area (Å²) in [6.07, 6.45) is 4.82. The molecule has 1 fully saturated rings. The quantitative estimate of drug-likeness (QED) is 0.696. The first kappa shape index (κ1) is 11.7. The standard InChI is InChI=1S/C14H16O4/c1-17-10-7-9(15)12-11(13(10)16)8-3-5-14(12,18-2)6-4-8/h7-8H,3-6H2,1-2H3. The van der Waals surface area contributed by atoms with Crippen molar-refractivity contribution in [3.63, 3.8) is 0 Å². The molecular formula is C14H16O4. The number of hydrogen-bond donors (Lipinski definition) is 0. The van der Waals surface area contributed by atoms with Crippen LogP contribution in [0.2, 0.25) is 0 Å². The van der Waals surface area contributed by atoms with Crippen LogP contribution < -0.4 is 0 Å². The lowest BCUT2D eigenvalue weighted by Gasteiger charge is -2.48. The van der Waals surface area contributed by atoms with Gasteiger partial charge in [0.2, 0.25) is 5.78 Å². The first-order valence-corrected chi connectivity index (χ1v) is 6.27. The molecule has 4 nitrogen and oxygen atoms in total. The van der Waals surface area contributed by atoms with E-state index in [9.17, 15) is 9.59 Å². The zero-order valence-corrected chi connectivity index (χ0v) is 10.6. The molecule has 4 aliphatic carbocycles. The maximum atomic E-state index is 12.3. The summed E-state index contributed by atoms with van der Waals surface area (Å²) in [5, 5.41) is 0. The van der Waals surface area contributed by atoms with Crippen LogP contribution in [0.1, 0.15) is 25.7 Å². The minimum absolute atomic E-state index is 0.118. The maximum absolute atomic E-state index is 12.3. The third-order valence-electron chi connectivity index (χ3n) is 4.51. The fourth-order valence-corrected chi connectivity index (χ4v) is 3.58. The van der Waals surface area contributed by atoms with Gasteiger partial charge in [0.15, 0.2) is 11.5 Å². The number of ketones is 2. The maximum Gasteiger partial charge on any atom is 0.224 e. The molecule has 0 saturated heterocycles. The highest BCUT2D eigenvalue weighted by Gasteiger charge is 2.52. The van der Waals surface area contributed by atoms with Gasteiger partial charge in [0.05, 0.1) is 12.7 Å². The van der Waals surface area contributed by atoms with Crippen molar-refractivity contribution in [3.05, 3.63) is 23.0 Å². The van der Waals surface area contributed by atoms with E-state index < -0.39 is 5.60 Å². The largest absolute Gasteiger partial charge is 0.493 e. The molecule has 2 bridgehead atoms. The highest BCUT2D eigenvalue weighted by molar-refractivity contribution is 6.23. The Bertz CT molecular complexity index is 490. The number of carbonyl (C=O) groups is 2. The molecule has 4 rings (SSSR count). The lowest BCUT2D eigenvalue weighted by Crippen LogP contribution is -2.49. The Kier molecular flexibility index (Phi) is 2.45. The molecule has 0 amide bonds. The van der Waals surface area contributed by atoms with E-state index in [1.54, 1.807) is 7.11 Å². The highest BCUT2D eigenvalue weighted by atomic mass is 16.5. The first-order valence-electron chi connectivity index (χ1n) is 6.27. The fraction of sp³-hybridized carbons (Fsp3) is 0.571. The fourth-order valence-electron chi connectivity index (χ4n) is 3.58. The van der Waals surface area contributed by atoms with Crippen LogP contribution in [0.4, 0.5) is 0 Å². The molecule has 0 aromatic rings. The minimum Gasteiger partial charge on any atom is -0.493 e. The van der Waals surface area contributed by atoms with Crippen LogP contribution in [-0.2, 0) is 19.1 Å². The number of allylic oxidation sites excluding steroid dienone is 2. The van der Waals surface area contributed by atoms with Crippen LogP contribution in [0.25, 0.3) is 0 Å². The second kappa shape index (κ2) is 3.79. The van der Waals surface area contributed by atoms with E-state index in [2.05, 4.69) is 0 Å². The Hall–Kier alpha value is -1.42. The number of ether oxygens (including phenoxy) is 2. The molecule has 4 heteroatoms. The summed E-state index contributed by atoms with van der Waals surface area (Å²) in [5.74, 6) is 0.121. The van der Waals surface area contributed by atoms with Crippen molar-refractivity contribution in [1.29, 1.82) is 0 Å². The molecule has 18 heavy (non-hydrogen) atoms. The number of fused-ring (bicyclic) bond motifs is 2. The molecule has 0 N–H and O–H groups in total. The van der Waals surface area contributed by atoms with Crippen LogP contribution in [0.5, 0.6) is 0 Å². The summed E-state index contributed by atoms with van der Waals surface area (Å²) in [5.41, 5.74) is 0.712. The van der Waals surface area contributed by atoms with Gasteiger partial charge in [-0.05, 0) is 31.6 Å². The van der Waals surface area contributed by atoms with Crippen molar-refractivity contribution in [3.8, 4) is 0 Å². The van der Waals surface area contributed by atoms with E-state index in [1.165, 1.54) is 13.2 Å². The smallest absolute Gasteiger partial charge is 0.224 e. The Labute approximate surface area is 106 Å². The highest BCUT2D eigenvalue weighted by Crippen LogP contribution is 2.51. The molecular weight excluding hydrogens is 232 g/mol. The van der Waals surface area contributed by atoms with Crippen LogP contribution in [0.15, 0.2) is 23.0 Å². The molecule has 0 heterocycles. The summed E-state index contributed by atoms with van der Waals surface area (Å²) < 4.78 is 10.6. The molecule has 0 aromatic carbocycles. The van der Waals surface area contributed by atoms with E-state index in [1.807, 2.05) is 0 Å². The molecule has 1 saturated carbocycles. The third kappa shape index (κ3) is 1.29. The number of hydrogen-bond acceptors (Lipinski definition) is 4. The van der Waals surface area contributed by atoms with Crippen molar-refractivity contribution < 1.29 is 19.1 Å². The van der Waals surface area contributed by atoms with Gasteiger partial charge in [-0.25, -0.2) is 0 Å². The molecule has 96 valence electrons. The Balaban J connectivity index is 2.17. The van der Waals surface area contributed by atoms with Crippen LogP contribution in [0.3, 0.4) is 0 Å². The number of Topliss-reactive ketones (excluding diaryl/α,β-unsaturated/α-hetero) is 1. The average molecular weight is 248 g/mol. The second-order valence-corrected chi connectivity index (χ2v) is 5.17. The van der Waals surface area contributed by atoms with Crippen LogP contribution in [0, 0.1) is 5.92 Å². The van der Waals surface area contributed by atoms with E-state index in [0.717, 1.165) is 25.7 Å².